The van der Waals surface area contributed by atoms with Gasteiger partial charge >= 0.3 is 0 Å². The number of hydrogen-bond donors (Lipinski definition) is 1. The summed E-state index contributed by atoms with van der Waals surface area (Å²) in [7, 11) is 1.83. The second-order valence-electron chi connectivity index (χ2n) is 6.21. The lowest BCUT2D eigenvalue weighted by Crippen LogP contribution is -2.33. The Bertz CT molecular complexity index is 936. The zero-order chi connectivity index (χ0) is 18.6. The first kappa shape index (κ1) is 17.4. The Morgan fingerprint density at radius 1 is 1.33 bits per heavy atom. The Morgan fingerprint density at radius 3 is 3.04 bits per heavy atom. The Balaban J connectivity index is 1.49. The minimum absolute atomic E-state index is 0.0901. The highest BCUT2D eigenvalue weighted by atomic mass is 16.6. The first-order chi connectivity index (χ1) is 13.2. The van der Waals surface area contributed by atoms with Gasteiger partial charge in [-0.1, -0.05) is 6.07 Å². The molecule has 0 radical (unpaired) electrons. The van der Waals surface area contributed by atoms with Crippen molar-refractivity contribution in [2.24, 2.45) is 7.05 Å². The van der Waals surface area contributed by atoms with Crippen LogP contribution in [0.4, 0.5) is 5.69 Å². The standard InChI is InChI=1S/C19H20N4O4/c1-23-17-10-13(21-18(24)16-4-2-3-7-20-16)5-6-15(17)19(22-23)27-12-14-11-25-8-9-26-14/h2-7,10,14H,8-9,11-12H2,1H3,(H,21,24)/t14-/m1/s1. The molecule has 0 aliphatic carbocycles. The number of hydrogen-bond acceptors (Lipinski definition) is 6. The number of nitrogens with one attached hydrogen (secondary N) is 1. The second-order valence-corrected chi connectivity index (χ2v) is 6.21. The predicted octanol–water partition coefficient (Wildman–Crippen LogP) is 2.01. The molecule has 8 nitrogen and oxygen atoms in total. The fourth-order valence-corrected chi connectivity index (χ4v) is 2.91. The van der Waals surface area contributed by atoms with E-state index < -0.39 is 0 Å². The summed E-state index contributed by atoms with van der Waals surface area (Å²) in [6.45, 7) is 2.10. The zero-order valence-electron chi connectivity index (χ0n) is 14.9. The Kier molecular flexibility index (Phi) is 4.99. The third-order valence-corrected chi connectivity index (χ3v) is 4.26. The van der Waals surface area contributed by atoms with Gasteiger partial charge in [-0.05, 0) is 30.3 Å². The van der Waals surface area contributed by atoms with Crippen LogP contribution >= 0.6 is 0 Å². The summed E-state index contributed by atoms with van der Waals surface area (Å²) in [5, 5.41) is 8.14. The molecule has 1 aliphatic heterocycles. The fourth-order valence-electron chi connectivity index (χ4n) is 2.91. The molecule has 1 amide bonds. The maximum Gasteiger partial charge on any atom is 0.274 e. The molecule has 1 fully saturated rings. The SMILES string of the molecule is Cn1nc(OC[C@H]2COCCO2)c2ccc(NC(=O)c3ccccn3)cc21. The minimum Gasteiger partial charge on any atom is -0.473 e. The van der Waals surface area contributed by atoms with E-state index in [0.29, 0.717) is 43.7 Å². The highest BCUT2D eigenvalue weighted by molar-refractivity contribution is 6.03. The number of carbonyl (C=O) groups excluding carboxylic acids is 1. The summed E-state index contributed by atoms with van der Waals surface area (Å²) < 4.78 is 18.5. The van der Waals surface area contributed by atoms with Crippen LogP contribution in [0.25, 0.3) is 10.9 Å². The molecule has 0 unspecified atom stereocenters. The van der Waals surface area contributed by atoms with E-state index in [1.165, 1.54) is 0 Å². The largest absolute Gasteiger partial charge is 0.473 e. The average Bonchev–Trinajstić information content (AvgIpc) is 3.03. The van der Waals surface area contributed by atoms with E-state index in [1.807, 2.05) is 25.2 Å². The number of fused-ring (bicyclic) bond motifs is 1. The molecular weight excluding hydrogens is 348 g/mol. The third-order valence-electron chi connectivity index (χ3n) is 4.26. The van der Waals surface area contributed by atoms with E-state index in [9.17, 15) is 4.79 Å². The van der Waals surface area contributed by atoms with Crippen molar-refractivity contribution in [3.63, 3.8) is 0 Å². The summed E-state index contributed by atoms with van der Waals surface area (Å²) in [5.74, 6) is 0.271. The van der Waals surface area contributed by atoms with Gasteiger partial charge in [-0.25, -0.2) is 0 Å². The number of aryl methyl sites for hydroxylation is 1. The van der Waals surface area contributed by atoms with Crippen LogP contribution in [0.5, 0.6) is 5.88 Å². The topological polar surface area (TPSA) is 87.5 Å². The third kappa shape index (κ3) is 3.91. The molecule has 1 saturated heterocycles. The van der Waals surface area contributed by atoms with Gasteiger partial charge in [-0.15, -0.1) is 5.10 Å². The number of aromatic nitrogens is 3. The summed E-state index contributed by atoms with van der Waals surface area (Å²) >= 11 is 0. The number of ether oxygens (including phenoxy) is 3. The molecule has 3 aromatic rings. The first-order valence-corrected chi connectivity index (χ1v) is 8.72. The summed E-state index contributed by atoms with van der Waals surface area (Å²) in [4.78, 5) is 16.3. The van der Waals surface area contributed by atoms with Gasteiger partial charge in [0.1, 0.15) is 18.4 Å². The van der Waals surface area contributed by atoms with Crippen molar-refractivity contribution < 1.29 is 19.0 Å². The van der Waals surface area contributed by atoms with Crippen LogP contribution in [0.1, 0.15) is 10.5 Å². The van der Waals surface area contributed by atoms with Crippen molar-refractivity contribution in [2.45, 2.75) is 6.10 Å². The molecule has 1 atom stereocenters. The van der Waals surface area contributed by atoms with Crippen molar-refractivity contribution in [1.82, 2.24) is 14.8 Å². The molecule has 27 heavy (non-hydrogen) atoms. The highest BCUT2D eigenvalue weighted by Crippen LogP contribution is 2.27. The minimum atomic E-state index is -0.261. The Morgan fingerprint density at radius 2 is 2.26 bits per heavy atom. The second kappa shape index (κ2) is 7.73. The normalized spacial score (nSPS) is 17.0. The molecule has 0 spiro atoms. The first-order valence-electron chi connectivity index (χ1n) is 8.72. The lowest BCUT2D eigenvalue weighted by Gasteiger charge is -2.22. The number of anilines is 1. The van der Waals surface area contributed by atoms with Crippen molar-refractivity contribution >= 4 is 22.5 Å². The molecule has 2 aromatic heterocycles. The van der Waals surface area contributed by atoms with E-state index in [1.54, 1.807) is 29.1 Å². The number of rotatable bonds is 5. The van der Waals surface area contributed by atoms with Gasteiger partial charge in [0.05, 0.1) is 30.7 Å². The van der Waals surface area contributed by atoms with Gasteiger partial charge in [0, 0.05) is 18.9 Å². The number of amides is 1. The van der Waals surface area contributed by atoms with Crippen LogP contribution in [0, 0.1) is 0 Å². The average molecular weight is 368 g/mol. The molecule has 4 rings (SSSR count). The van der Waals surface area contributed by atoms with Crippen molar-refractivity contribution in [3.05, 3.63) is 48.3 Å². The van der Waals surface area contributed by atoms with Gasteiger partial charge in [0.25, 0.3) is 5.91 Å². The predicted molar refractivity (Wildman–Crippen MR) is 99.0 cm³/mol. The molecule has 1 aromatic carbocycles. The Labute approximate surface area is 156 Å². The molecule has 140 valence electrons. The van der Waals surface area contributed by atoms with Gasteiger partial charge in [0.2, 0.25) is 5.88 Å². The van der Waals surface area contributed by atoms with Gasteiger partial charge in [-0.3, -0.25) is 14.5 Å². The van der Waals surface area contributed by atoms with E-state index in [4.69, 9.17) is 14.2 Å². The molecule has 1 N–H and O–H groups in total. The van der Waals surface area contributed by atoms with Crippen molar-refractivity contribution in [1.29, 1.82) is 0 Å². The van der Waals surface area contributed by atoms with Crippen molar-refractivity contribution in [2.75, 3.05) is 31.7 Å². The van der Waals surface area contributed by atoms with E-state index in [0.717, 1.165) is 10.9 Å². The lowest BCUT2D eigenvalue weighted by atomic mass is 10.2. The lowest BCUT2D eigenvalue weighted by molar-refractivity contribution is -0.101. The number of pyridine rings is 1. The number of carbonyl (C=O) groups is 1. The van der Waals surface area contributed by atoms with Crippen LogP contribution in [-0.4, -0.2) is 53.2 Å². The molecule has 0 bridgehead atoms. The molecule has 0 saturated carbocycles. The number of benzene rings is 1. The van der Waals surface area contributed by atoms with E-state index >= 15 is 0 Å². The monoisotopic (exact) mass is 368 g/mol. The van der Waals surface area contributed by atoms with Gasteiger partial charge in [-0.2, -0.15) is 0 Å². The molecular formula is C19H20N4O4. The van der Waals surface area contributed by atoms with Gasteiger partial charge in [0.15, 0.2) is 0 Å². The van der Waals surface area contributed by atoms with Crippen LogP contribution in [0.3, 0.4) is 0 Å². The van der Waals surface area contributed by atoms with Crippen LogP contribution in [-0.2, 0) is 16.5 Å². The Hall–Kier alpha value is -2.97. The highest BCUT2D eigenvalue weighted by Gasteiger charge is 2.18. The zero-order valence-corrected chi connectivity index (χ0v) is 14.9. The quantitative estimate of drug-likeness (QED) is 0.741. The fraction of sp³-hybridized carbons (Fsp3) is 0.316. The van der Waals surface area contributed by atoms with Crippen LogP contribution < -0.4 is 10.1 Å². The summed E-state index contributed by atoms with van der Waals surface area (Å²) in [6.07, 6.45) is 1.50. The number of nitrogens with zero attached hydrogens (tertiary/aromatic N) is 3. The summed E-state index contributed by atoms with van der Waals surface area (Å²) in [5.41, 5.74) is 1.88. The van der Waals surface area contributed by atoms with E-state index in [-0.39, 0.29) is 12.0 Å². The maximum absolute atomic E-state index is 12.3. The van der Waals surface area contributed by atoms with E-state index in [2.05, 4.69) is 15.4 Å². The van der Waals surface area contributed by atoms with Crippen molar-refractivity contribution in [3.8, 4) is 5.88 Å². The molecule has 3 heterocycles. The van der Waals surface area contributed by atoms with Crippen LogP contribution in [0.2, 0.25) is 0 Å². The molecule has 8 heteroatoms. The summed E-state index contributed by atoms with van der Waals surface area (Å²) in [6, 6.07) is 10.8. The van der Waals surface area contributed by atoms with Gasteiger partial charge < -0.3 is 19.5 Å². The smallest absolute Gasteiger partial charge is 0.274 e. The molecule has 1 aliphatic rings. The maximum atomic E-state index is 12.3. The van der Waals surface area contributed by atoms with Crippen LogP contribution in [0.15, 0.2) is 42.6 Å².